The van der Waals surface area contributed by atoms with Gasteiger partial charge in [-0.15, -0.1) is 0 Å². The maximum atomic E-state index is 9.99. The van der Waals surface area contributed by atoms with E-state index in [0.29, 0.717) is 19.3 Å². The molecular weight excluding hydrogens is 236 g/mol. The monoisotopic (exact) mass is 256 g/mol. The van der Waals surface area contributed by atoms with Gasteiger partial charge >= 0.3 is 0 Å². The van der Waals surface area contributed by atoms with E-state index in [2.05, 4.69) is 0 Å². The molecule has 0 saturated heterocycles. The molecule has 0 radical (unpaired) electrons. The summed E-state index contributed by atoms with van der Waals surface area (Å²) in [5.41, 5.74) is 2.20. The Kier molecular flexibility index (Phi) is 5.13. The van der Waals surface area contributed by atoms with E-state index in [1.54, 1.807) is 0 Å². The van der Waals surface area contributed by atoms with Gasteiger partial charge in [-0.25, -0.2) is 0 Å². The summed E-state index contributed by atoms with van der Waals surface area (Å²) < 4.78 is 0. The Bertz CT molecular complexity index is 422. The van der Waals surface area contributed by atoms with Crippen molar-refractivity contribution in [3.8, 4) is 0 Å². The first-order valence-electron chi connectivity index (χ1n) is 6.68. The second-order valence-corrected chi connectivity index (χ2v) is 4.92. The summed E-state index contributed by atoms with van der Waals surface area (Å²) in [5.74, 6) is 0. The van der Waals surface area contributed by atoms with Crippen LogP contribution >= 0.6 is 0 Å². The molecule has 100 valence electrons. The highest BCUT2D eigenvalue weighted by atomic mass is 16.3. The van der Waals surface area contributed by atoms with Crippen molar-refractivity contribution in [1.29, 1.82) is 0 Å². The lowest BCUT2D eigenvalue weighted by Crippen LogP contribution is -2.21. The van der Waals surface area contributed by atoms with Gasteiger partial charge in [0.15, 0.2) is 0 Å². The molecule has 2 heteroatoms. The number of aliphatic hydroxyl groups is 2. The molecule has 0 fully saturated rings. The van der Waals surface area contributed by atoms with Gasteiger partial charge in [0.2, 0.25) is 0 Å². The van der Waals surface area contributed by atoms with Gasteiger partial charge in [-0.3, -0.25) is 0 Å². The van der Waals surface area contributed by atoms with E-state index >= 15 is 0 Å². The minimum absolute atomic E-state index is 0.407. The molecule has 2 rings (SSSR count). The van der Waals surface area contributed by atoms with E-state index in [1.807, 2.05) is 60.7 Å². The highest BCUT2D eigenvalue weighted by Crippen LogP contribution is 2.11. The van der Waals surface area contributed by atoms with Crippen LogP contribution in [0.5, 0.6) is 0 Å². The number of hydrogen-bond donors (Lipinski definition) is 2. The summed E-state index contributed by atoms with van der Waals surface area (Å²) in [6.07, 6.45) is 0.589. The van der Waals surface area contributed by atoms with E-state index < -0.39 is 12.2 Å². The molecule has 2 aromatic carbocycles. The van der Waals surface area contributed by atoms with Gasteiger partial charge in [0.05, 0.1) is 12.2 Å². The van der Waals surface area contributed by atoms with Gasteiger partial charge < -0.3 is 10.2 Å². The summed E-state index contributed by atoms with van der Waals surface area (Å²) in [6.45, 7) is 0. The first-order valence-corrected chi connectivity index (χ1v) is 6.68. The third-order valence-corrected chi connectivity index (χ3v) is 3.17. The fraction of sp³-hybridized carbons (Fsp3) is 0.294. The summed E-state index contributed by atoms with van der Waals surface area (Å²) in [4.78, 5) is 0. The topological polar surface area (TPSA) is 40.5 Å². The number of hydrogen-bond acceptors (Lipinski definition) is 2. The Morgan fingerprint density at radius 3 is 1.37 bits per heavy atom. The van der Waals surface area contributed by atoms with Gasteiger partial charge in [-0.1, -0.05) is 60.7 Å². The third-order valence-electron chi connectivity index (χ3n) is 3.17. The predicted molar refractivity (Wildman–Crippen MR) is 76.9 cm³/mol. The Labute approximate surface area is 114 Å². The molecule has 0 bridgehead atoms. The van der Waals surface area contributed by atoms with E-state index in [0.717, 1.165) is 11.1 Å². The van der Waals surface area contributed by atoms with Crippen molar-refractivity contribution in [3.05, 3.63) is 71.8 Å². The van der Waals surface area contributed by atoms with Crippen molar-refractivity contribution in [2.24, 2.45) is 0 Å². The molecule has 0 aliphatic heterocycles. The van der Waals surface area contributed by atoms with Crippen LogP contribution in [-0.4, -0.2) is 22.4 Å². The highest BCUT2D eigenvalue weighted by Gasteiger charge is 2.13. The molecule has 0 unspecified atom stereocenters. The van der Waals surface area contributed by atoms with E-state index in [9.17, 15) is 10.2 Å². The van der Waals surface area contributed by atoms with Crippen LogP contribution in [0.4, 0.5) is 0 Å². The molecule has 0 aliphatic rings. The van der Waals surface area contributed by atoms with Crippen LogP contribution in [0.2, 0.25) is 0 Å². The van der Waals surface area contributed by atoms with Crippen LogP contribution in [-0.2, 0) is 12.8 Å². The average Bonchev–Trinajstić information content (AvgIpc) is 2.40. The van der Waals surface area contributed by atoms with Gasteiger partial charge in [0.1, 0.15) is 0 Å². The first-order chi connectivity index (χ1) is 9.24. The number of benzene rings is 2. The Hall–Kier alpha value is -1.64. The van der Waals surface area contributed by atoms with Crippen LogP contribution in [0.15, 0.2) is 60.7 Å². The zero-order valence-corrected chi connectivity index (χ0v) is 10.9. The summed E-state index contributed by atoms with van der Waals surface area (Å²) in [7, 11) is 0. The zero-order valence-electron chi connectivity index (χ0n) is 10.9. The van der Waals surface area contributed by atoms with Crippen molar-refractivity contribution in [2.45, 2.75) is 31.5 Å². The SMILES string of the molecule is O[C@@H](Cc1ccccc1)C[C@@H](O)Cc1ccccc1. The maximum absolute atomic E-state index is 9.99. The number of rotatable bonds is 6. The van der Waals surface area contributed by atoms with Crippen LogP contribution in [0.25, 0.3) is 0 Å². The molecule has 2 N–H and O–H groups in total. The molecule has 0 heterocycles. The van der Waals surface area contributed by atoms with Crippen LogP contribution in [0, 0.1) is 0 Å². The minimum Gasteiger partial charge on any atom is -0.393 e. The van der Waals surface area contributed by atoms with Crippen LogP contribution < -0.4 is 0 Å². The molecular formula is C17H20O2. The molecule has 19 heavy (non-hydrogen) atoms. The van der Waals surface area contributed by atoms with E-state index in [1.165, 1.54) is 0 Å². The lowest BCUT2D eigenvalue weighted by molar-refractivity contribution is 0.0810. The smallest absolute Gasteiger partial charge is 0.0605 e. The Balaban J connectivity index is 1.80. The van der Waals surface area contributed by atoms with Crippen molar-refractivity contribution >= 4 is 0 Å². The van der Waals surface area contributed by atoms with Crippen molar-refractivity contribution in [3.63, 3.8) is 0 Å². The van der Waals surface area contributed by atoms with Crippen molar-refractivity contribution in [1.82, 2.24) is 0 Å². The molecule has 2 nitrogen and oxygen atoms in total. The fourth-order valence-corrected chi connectivity index (χ4v) is 2.25. The molecule has 2 aromatic rings. The van der Waals surface area contributed by atoms with Gasteiger partial charge in [0, 0.05) is 0 Å². The molecule has 2 atom stereocenters. The molecule has 0 aromatic heterocycles. The van der Waals surface area contributed by atoms with Gasteiger partial charge in [0.25, 0.3) is 0 Å². The third kappa shape index (κ3) is 4.86. The van der Waals surface area contributed by atoms with Crippen molar-refractivity contribution < 1.29 is 10.2 Å². The Morgan fingerprint density at radius 1 is 0.632 bits per heavy atom. The number of aliphatic hydroxyl groups excluding tert-OH is 2. The van der Waals surface area contributed by atoms with E-state index in [4.69, 9.17) is 0 Å². The van der Waals surface area contributed by atoms with Crippen molar-refractivity contribution in [2.75, 3.05) is 0 Å². The maximum Gasteiger partial charge on any atom is 0.0605 e. The standard InChI is InChI=1S/C17H20O2/c18-16(11-14-7-3-1-4-8-14)13-17(19)12-15-9-5-2-6-10-15/h1-10,16-19H,11-13H2/t16-,17-/m0/s1. The summed E-state index contributed by atoms with van der Waals surface area (Å²) in [6, 6.07) is 19.7. The fourth-order valence-electron chi connectivity index (χ4n) is 2.25. The predicted octanol–water partition coefficient (Wildman–Crippen LogP) is 2.58. The zero-order chi connectivity index (χ0) is 13.5. The largest absolute Gasteiger partial charge is 0.393 e. The van der Waals surface area contributed by atoms with E-state index in [-0.39, 0.29) is 0 Å². The summed E-state index contributed by atoms with van der Waals surface area (Å²) in [5, 5.41) is 20.0. The van der Waals surface area contributed by atoms with Gasteiger partial charge in [-0.2, -0.15) is 0 Å². The highest BCUT2D eigenvalue weighted by molar-refractivity contribution is 5.16. The lowest BCUT2D eigenvalue weighted by Gasteiger charge is -2.15. The molecule has 0 saturated carbocycles. The second-order valence-electron chi connectivity index (χ2n) is 4.92. The second kappa shape index (κ2) is 7.07. The average molecular weight is 256 g/mol. The van der Waals surface area contributed by atoms with Gasteiger partial charge in [-0.05, 0) is 30.4 Å². The summed E-state index contributed by atoms with van der Waals surface area (Å²) >= 11 is 0. The van der Waals surface area contributed by atoms with Crippen LogP contribution in [0.3, 0.4) is 0 Å². The quantitative estimate of drug-likeness (QED) is 0.834. The Morgan fingerprint density at radius 2 is 1.00 bits per heavy atom. The minimum atomic E-state index is -0.499. The molecule has 0 amide bonds. The first kappa shape index (κ1) is 13.8. The van der Waals surface area contributed by atoms with Crippen LogP contribution in [0.1, 0.15) is 17.5 Å². The molecule has 0 aliphatic carbocycles. The molecule has 0 spiro atoms. The lowest BCUT2D eigenvalue weighted by atomic mass is 9.99. The normalized spacial score (nSPS) is 14.0.